The van der Waals surface area contributed by atoms with Crippen LogP contribution in [0.15, 0.2) is 34.9 Å². The molecule has 0 bridgehead atoms. The van der Waals surface area contributed by atoms with Gasteiger partial charge in [-0.15, -0.1) is 0 Å². The lowest BCUT2D eigenvalue weighted by Crippen LogP contribution is -1.96. The topological polar surface area (TPSA) is 71.9 Å². The molecule has 2 aromatic rings. The van der Waals surface area contributed by atoms with Gasteiger partial charge in [0.15, 0.2) is 0 Å². The minimum Gasteiger partial charge on any atom is -0.437 e. The van der Waals surface area contributed by atoms with Gasteiger partial charge in [0.1, 0.15) is 17.4 Å². The van der Waals surface area contributed by atoms with E-state index in [1.54, 1.807) is 0 Å². The number of hydrogen-bond donors (Lipinski definition) is 1. The molecule has 1 aromatic carbocycles. The van der Waals surface area contributed by atoms with Gasteiger partial charge in [-0.2, -0.15) is 5.26 Å². The number of ether oxygens (including phenoxy) is 1. The van der Waals surface area contributed by atoms with Gasteiger partial charge < -0.3 is 10.5 Å². The van der Waals surface area contributed by atoms with Gasteiger partial charge in [-0.3, -0.25) is 0 Å². The van der Waals surface area contributed by atoms with E-state index in [1.807, 2.05) is 31.2 Å². The van der Waals surface area contributed by atoms with E-state index in [1.165, 1.54) is 12.3 Å². The molecule has 0 saturated heterocycles. The van der Waals surface area contributed by atoms with Crippen LogP contribution in [0.5, 0.6) is 11.6 Å². The molecule has 2 N–H and O–H groups in total. The molecule has 0 saturated carbocycles. The normalized spacial score (nSPS) is 9.83. The average Bonchev–Trinajstić information content (AvgIpc) is 2.36. The monoisotopic (exact) mass is 303 g/mol. The Morgan fingerprint density at radius 2 is 2.17 bits per heavy atom. The molecule has 90 valence electrons. The Morgan fingerprint density at radius 3 is 2.89 bits per heavy atom. The molecule has 0 aliphatic rings. The lowest BCUT2D eigenvalue weighted by Gasteiger charge is -2.09. The van der Waals surface area contributed by atoms with Crippen LogP contribution in [0.1, 0.15) is 11.1 Å². The van der Waals surface area contributed by atoms with Crippen LogP contribution in [0.2, 0.25) is 0 Å². The number of anilines is 1. The Bertz CT molecular complexity index is 635. The molecule has 0 aliphatic carbocycles. The van der Waals surface area contributed by atoms with Crippen molar-refractivity contribution >= 4 is 21.6 Å². The highest BCUT2D eigenvalue weighted by Crippen LogP contribution is 2.29. The number of hydrogen-bond acceptors (Lipinski definition) is 4. The maximum absolute atomic E-state index is 9.01. The predicted octanol–water partition coefficient (Wildman–Crippen LogP) is 3.40. The SMILES string of the molecule is Cc1ccc(Br)cc1Oc1ncc(N)cc1C#N. The molecule has 18 heavy (non-hydrogen) atoms. The van der Waals surface area contributed by atoms with Crippen molar-refractivity contribution in [2.45, 2.75) is 6.92 Å². The van der Waals surface area contributed by atoms with E-state index < -0.39 is 0 Å². The van der Waals surface area contributed by atoms with E-state index in [9.17, 15) is 0 Å². The second-order valence-electron chi connectivity index (χ2n) is 3.75. The molecule has 0 atom stereocenters. The number of benzene rings is 1. The van der Waals surface area contributed by atoms with Crippen molar-refractivity contribution in [2.75, 3.05) is 5.73 Å². The van der Waals surface area contributed by atoms with Gasteiger partial charge in [0.25, 0.3) is 0 Å². The first-order chi connectivity index (χ1) is 8.60. The summed E-state index contributed by atoms with van der Waals surface area (Å²) in [5.74, 6) is 0.908. The molecule has 0 spiro atoms. The van der Waals surface area contributed by atoms with Crippen LogP contribution in [-0.4, -0.2) is 4.98 Å². The van der Waals surface area contributed by atoms with Gasteiger partial charge in [-0.1, -0.05) is 22.0 Å². The van der Waals surface area contributed by atoms with Gasteiger partial charge >= 0.3 is 0 Å². The molecular weight excluding hydrogens is 294 g/mol. The summed E-state index contributed by atoms with van der Waals surface area (Å²) in [6.45, 7) is 1.92. The molecule has 4 nitrogen and oxygen atoms in total. The maximum atomic E-state index is 9.01. The summed E-state index contributed by atoms with van der Waals surface area (Å²) in [4.78, 5) is 4.03. The van der Waals surface area contributed by atoms with Gasteiger partial charge in [-0.05, 0) is 30.7 Å². The third kappa shape index (κ3) is 2.60. The predicted molar refractivity (Wildman–Crippen MR) is 72.3 cm³/mol. The Labute approximate surface area is 113 Å². The third-order valence-corrected chi connectivity index (χ3v) is 2.84. The fourth-order valence-corrected chi connectivity index (χ4v) is 1.76. The summed E-state index contributed by atoms with van der Waals surface area (Å²) < 4.78 is 6.55. The highest BCUT2D eigenvalue weighted by molar-refractivity contribution is 9.10. The van der Waals surface area contributed by atoms with Crippen molar-refractivity contribution in [2.24, 2.45) is 0 Å². The fourth-order valence-electron chi connectivity index (χ4n) is 1.42. The van der Waals surface area contributed by atoms with E-state index in [0.29, 0.717) is 17.0 Å². The van der Waals surface area contributed by atoms with Crippen LogP contribution in [-0.2, 0) is 0 Å². The fraction of sp³-hybridized carbons (Fsp3) is 0.0769. The molecular formula is C13H10BrN3O. The van der Waals surface area contributed by atoms with Crippen LogP contribution < -0.4 is 10.5 Å². The van der Waals surface area contributed by atoms with E-state index in [4.69, 9.17) is 15.7 Å². The Balaban J connectivity index is 2.40. The summed E-state index contributed by atoms with van der Waals surface area (Å²) in [5, 5.41) is 9.01. The van der Waals surface area contributed by atoms with Crippen molar-refractivity contribution in [1.82, 2.24) is 4.98 Å². The Hall–Kier alpha value is -2.06. The van der Waals surface area contributed by atoms with Crippen molar-refractivity contribution in [3.63, 3.8) is 0 Å². The van der Waals surface area contributed by atoms with E-state index >= 15 is 0 Å². The number of nitrogen functional groups attached to an aromatic ring is 1. The molecule has 5 heteroatoms. The second-order valence-corrected chi connectivity index (χ2v) is 4.66. The standard InChI is InChI=1S/C13H10BrN3O/c1-8-2-3-10(14)5-12(8)18-13-9(6-15)4-11(16)7-17-13/h2-5,7H,16H2,1H3. The number of nitriles is 1. The molecule has 0 radical (unpaired) electrons. The van der Waals surface area contributed by atoms with Crippen molar-refractivity contribution < 1.29 is 4.74 Å². The van der Waals surface area contributed by atoms with Crippen LogP contribution in [0.3, 0.4) is 0 Å². The van der Waals surface area contributed by atoms with Crippen LogP contribution >= 0.6 is 15.9 Å². The molecule has 1 heterocycles. The smallest absolute Gasteiger partial charge is 0.237 e. The summed E-state index contributed by atoms with van der Waals surface area (Å²) >= 11 is 3.37. The quantitative estimate of drug-likeness (QED) is 0.923. The van der Waals surface area contributed by atoms with E-state index in [0.717, 1.165) is 10.0 Å². The first-order valence-electron chi connectivity index (χ1n) is 5.20. The highest BCUT2D eigenvalue weighted by atomic mass is 79.9. The molecule has 0 fully saturated rings. The minimum absolute atomic E-state index is 0.257. The number of rotatable bonds is 2. The maximum Gasteiger partial charge on any atom is 0.237 e. The average molecular weight is 304 g/mol. The van der Waals surface area contributed by atoms with Crippen LogP contribution in [0.25, 0.3) is 0 Å². The molecule has 0 aliphatic heterocycles. The summed E-state index contributed by atoms with van der Waals surface area (Å²) in [6, 6.07) is 9.22. The number of halogens is 1. The van der Waals surface area contributed by atoms with Gasteiger partial charge in [0, 0.05) is 4.47 Å². The molecule has 0 unspecified atom stereocenters. The van der Waals surface area contributed by atoms with Crippen molar-refractivity contribution in [3.8, 4) is 17.7 Å². The number of pyridine rings is 1. The zero-order valence-electron chi connectivity index (χ0n) is 9.64. The molecule has 2 rings (SSSR count). The van der Waals surface area contributed by atoms with E-state index in [2.05, 4.69) is 20.9 Å². The number of aromatic nitrogens is 1. The zero-order valence-corrected chi connectivity index (χ0v) is 11.2. The lowest BCUT2D eigenvalue weighted by atomic mass is 10.2. The number of nitrogens with two attached hydrogens (primary N) is 1. The van der Waals surface area contributed by atoms with Crippen molar-refractivity contribution in [1.29, 1.82) is 5.26 Å². The zero-order chi connectivity index (χ0) is 13.1. The first kappa shape index (κ1) is 12.4. The largest absolute Gasteiger partial charge is 0.437 e. The van der Waals surface area contributed by atoms with Gasteiger partial charge in [-0.25, -0.2) is 4.98 Å². The van der Waals surface area contributed by atoms with Crippen molar-refractivity contribution in [3.05, 3.63) is 46.1 Å². The van der Waals surface area contributed by atoms with Gasteiger partial charge in [0.2, 0.25) is 5.88 Å². The first-order valence-corrected chi connectivity index (χ1v) is 5.99. The summed E-state index contributed by atoms with van der Waals surface area (Å²) in [7, 11) is 0. The lowest BCUT2D eigenvalue weighted by molar-refractivity contribution is 0.457. The molecule has 1 aromatic heterocycles. The van der Waals surface area contributed by atoms with Crippen LogP contribution in [0.4, 0.5) is 5.69 Å². The molecule has 0 amide bonds. The summed E-state index contributed by atoms with van der Waals surface area (Å²) in [5.41, 5.74) is 7.28. The Morgan fingerprint density at radius 1 is 1.39 bits per heavy atom. The minimum atomic E-state index is 0.257. The number of aryl methyl sites for hydroxylation is 1. The van der Waals surface area contributed by atoms with Crippen LogP contribution in [0, 0.1) is 18.3 Å². The van der Waals surface area contributed by atoms with E-state index in [-0.39, 0.29) is 5.88 Å². The number of nitrogens with zero attached hydrogens (tertiary/aromatic N) is 2. The highest BCUT2D eigenvalue weighted by Gasteiger charge is 2.09. The summed E-state index contributed by atoms with van der Waals surface area (Å²) in [6.07, 6.45) is 1.46. The second kappa shape index (κ2) is 5.07. The Kier molecular flexibility index (Phi) is 3.49. The third-order valence-electron chi connectivity index (χ3n) is 2.35. The van der Waals surface area contributed by atoms with Gasteiger partial charge in [0.05, 0.1) is 11.9 Å².